The van der Waals surface area contributed by atoms with E-state index in [4.69, 9.17) is 18.9 Å². The van der Waals surface area contributed by atoms with Crippen molar-refractivity contribution in [1.29, 1.82) is 0 Å². The minimum atomic E-state index is -0.924. The zero-order valence-electron chi connectivity index (χ0n) is 43.1. The Balaban J connectivity index is 4.95. The first-order valence-corrected chi connectivity index (χ1v) is 27.0. The average molecular weight is 929 g/mol. The molecule has 66 heavy (non-hydrogen) atoms. The molecular formula is C56H100N2O8. The van der Waals surface area contributed by atoms with Gasteiger partial charge in [0.25, 0.3) is 0 Å². The van der Waals surface area contributed by atoms with Gasteiger partial charge in [-0.1, -0.05) is 166 Å². The Labute approximate surface area is 404 Å². The van der Waals surface area contributed by atoms with Gasteiger partial charge in [0, 0.05) is 32.4 Å². The third kappa shape index (κ3) is 45.7. The van der Waals surface area contributed by atoms with Crippen molar-refractivity contribution in [2.75, 3.05) is 39.9 Å². The Bertz CT molecular complexity index is 1200. The number of carbonyl (C=O) groups excluding carboxylic acids is 4. The molecule has 10 heteroatoms. The highest BCUT2D eigenvalue weighted by molar-refractivity contribution is 5.71. The molecule has 1 N–H and O–H groups in total. The molecule has 0 aliphatic rings. The molecule has 0 spiro atoms. The van der Waals surface area contributed by atoms with Crippen LogP contribution in [0.15, 0.2) is 48.6 Å². The number of hydrogen-bond acceptors (Lipinski definition) is 9. The molecular weight excluding hydrogens is 829 g/mol. The van der Waals surface area contributed by atoms with E-state index >= 15 is 0 Å². The van der Waals surface area contributed by atoms with Crippen LogP contribution in [0, 0.1) is 0 Å². The Morgan fingerprint density at radius 3 is 1.36 bits per heavy atom. The van der Waals surface area contributed by atoms with E-state index < -0.39 is 24.3 Å². The van der Waals surface area contributed by atoms with Crippen LogP contribution in [0.4, 0.5) is 4.79 Å². The number of amides is 1. The van der Waals surface area contributed by atoms with Crippen molar-refractivity contribution in [1.82, 2.24) is 10.2 Å². The summed E-state index contributed by atoms with van der Waals surface area (Å²) in [6.45, 7) is 10.4. The lowest BCUT2D eigenvalue weighted by atomic mass is 10.0. The maximum atomic E-state index is 13.2. The molecule has 0 aromatic carbocycles. The summed E-state index contributed by atoms with van der Waals surface area (Å²) in [4.78, 5) is 53.4. The second-order valence-corrected chi connectivity index (χ2v) is 18.0. The fourth-order valence-corrected chi connectivity index (χ4v) is 7.26. The zero-order valence-corrected chi connectivity index (χ0v) is 43.1. The summed E-state index contributed by atoms with van der Waals surface area (Å²) in [6, 6.07) is 0. The summed E-state index contributed by atoms with van der Waals surface area (Å²) < 4.78 is 22.6. The molecule has 0 bridgehead atoms. The van der Waals surface area contributed by atoms with E-state index in [1.54, 1.807) is 0 Å². The van der Waals surface area contributed by atoms with Crippen LogP contribution in [-0.2, 0) is 33.3 Å². The Hall–Kier alpha value is -3.40. The summed E-state index contributed by atoms with van der Waals surface area (Å²) in [6.07, 6.45) is 47.3. The number of unbranched alkanes of at least 4 members (excludes halogenated alkanes) is 20. The number of hydrogen-bond donors (Lipinski definition) is 1. The quantitative estimate of drug-likeness (QED) is 0.0275. The molecule has 0 aliphatic carbocycles. The van der Waals surface area contributed by atoms with Crippen molar-refractivity contribution in [3.05, 3.63) is 48.6 Å². The van der Waals surface area contributed by atoms with Crippen LogP contribution in [0.3, 0.4) is 0 Å². The van der Waals surface area contributed by atoms with E-state index in [-0.39, 0.29) is 44.4 Å². The van der Waals surface area contributed by atoms with E-state index in [1.165, 1.54) is 51.4 Å². The number of ether oxygens (including phenoxy) is 4. The zero-order chi connectivity index (χ0) is 48.4. The predicted molar refractivity (Wildman–Crippen MR) is 275 cm³/mol. The predicted octanol–water partition coefficient (Wildman–Crippen LogP) is 14.8. The van der Waals surface area contributed by atoms with Gasteiger partial charge in [-0.25, -0.2) is 4.79 Å². The maximum absolute atomic E-state index is 13.2. The number of rotatable bonds is 47. The number of allylic oxidation sites excluding steroid dienone is 8. The summed E-state index contributed by atoms with van der Waals surface area (Å²) >= 11 is 0. The van der Waals surface area contributed by atoms with Gasteiger partial charge in [-0.05, 0) is 110 Å². The molecule has 0 saturated carbocycles. The van der Waals surface area contributed by atoms with Crippen molar-refractivity contribution in [3.8, 4) is 0 Å². The summed E-state index contributed by atoms with van der Waals surface area (Å²) in [7, 11) is 1.99. The molecule has 1 amide bonds. The minimum Gasteiger partial charge on any atom is -0.462 e. The van der Waals surface area contributed by atoms with Crippen molar-refractivity contribution >= 4 is 24.0 Å². The lowest BCUT2D eigenvalue weighted by Crippen LogP contribution is -2.35. The van der Waals surface area contributed by atoms with E-state index in [9.17, 15) is 19.2 Å². The molecule has 0 aromatic heterocycles. The van der Waals surface area contributed by atoms with Gasteiger partial charge in [0.05, 0.1) is 0 Å². The summed E-state index contributed by atoms with van der Waals surface area (Å²) in [5.74, 6) is -1.23. The monoisotopic (exact) mass is 929 g/mol. The average Bonchev–Trinajstić information content (AvgIpc) is 3.31. The third-order valence-corrected chi connectivity index (χ3v) is 11.7. The standard InChI is InChI=1S/C56H100N2O8/c1-6-10-13-16-18-20-22-24-26-28-30-32-34-37-40-43-53(59)63-49-52(50-64-54(60)44-41-38-35-33-31-29-27-25-23-21-19-17-14-11-7-2)65-55(61)46-45-51(42-39-36-15-12-8-3)66-56(62)57-47-48-58(5)9-4/h18-21,24-27,51-52H,6-17,22-23,28-50H2,1-5H3,(H,57,62)/b20-18-,21-19-,26-24-,27-25-. The van der Waals surface area contributed by atoms with Gasteiger partial charge in [-0.15, -0.1) is 0 Å². The smallest absolute Gasteiger partial charge is 0.407 e. The van der Waals surface area contributed by atoms with E-state index in [0.717, 1.165) is 129 Å². The van der Waals surface area contributed by atoms with Crippen LogP contribution in [0.5, 0.6) is 0 Å². The Morgan fingerprint density at radius 2 is 0.879 bits per heavy atom. The van der Waals surface area contributed by atoms with Gasteiger partial charge in [0.15, 0.2) is 6.10 Å². The number of carbonyl (C=O) groups is 4. The minimum absolute atomic E-state index is 0.0157. The number of esters is 3. The normalized spacial score (nSPS) is 12.3. The lowest BCUT2D eigenvalue weighted by Gasteiger charge is -2.21. The second-order valence-electron chi connectivity index (χ2n) is 18.0. The molecule has 0 aliphatic heterocycles. The second kappa shape index (κ2) is 49.5. The van der Waals surface area contributed by atoms with Crippen molar-refractivity contribution in [3.63, 3.8) is 0 Å². The SMILES string of the molecule is CCCCC/C=C\C/C=C\CCCCCCCC(=O)OCC(COC(=O)CCCCCCC/C=C\C/C=C\CCCCC)OC(=O)CCC(CCCCCCC)OC(=O)NCCN(C)CC. The van der Waals surface area contributed by atoms with Gasteiger partial charge in [0.1, 0.15) is 19.3 Å². The van der Waals surface area contributed by atoms with Crippen LogP contribution < -0.4 is 5.32 Å². The van der Waals surface area contributed by atoms with Crippen LogP contribution in [0.2, 0.25) is 0 Å². The van der Waals surface area contributed by atoms with Gasteiger partial charge in [-0.3, -0.25) is 14.4 Å². The van der Waals surface area contributed by atoms with Crippen LogP contribution >= 0.6 is 0 Å². The fourth-order valence-electron chi connectivity index (χ4n) is 7.26. The molecule has 1 unspecified atom stereocenters. The van der Waals surface area contributed by atoms with Gasteiger partial charge >= 0.3 is 24.0 Å². The number of nitrogens with one attached hydrogen (secondary N) is 1. The molecule has 0 heterocycles. The first kappa shape index (κ1) is 62.6. The van der Waals surface area contributed by atoms with Crippen LogP contribution in [-0.4, -0.2) is 81.0 Å². The molecule has 0 saturated heterocycles. The third-order valence-electron chi connectivity index (χ3n) is 11.7. The van der Waals surface area contributed by atoms with Crippen molar-refractivity contribution < 1.29 is 38.1 Å². The number of nitrogens with zero attached hydrogens (tertiary/aromatic N) is 1. The molecule has 10 nitrogen and oxygen atoms in total. The molecule has 382 valence electrons. The Kier molecular flexibility index (Phi) is 47.0. The molecule has 1 atom stereocenters. The molecule has 0 radical (unpaired) electrons. The lowest BCUT2D eigenvalue weighted by molar-refractivity contribution is -0.167. The van der Waals surface area contributed by atoms with Crippen LogP contribution in [0.25, 0.3) is 0 Å². The summed E-state index contributed by atoms with van der Waals surface area (Å²) in [5, 5.41) is 2.82. The fraction of sp³-hybridized carbons (Fsp3) is 0.786. The highest BCUT2D eigenvalue weighted by atomic mass is 16.6. The van der Waals surface area contributed by atoms with Gasteiger partial charge in [0.2, 0.25) is 0 Å². The largest absolute Gasteiger partial charge is 0.462 e. The van der Waals surface area contributed by atoms with Crippen LogP contribution in [0.1, 0.15) is 233 Å². The maximum Gasteiger partial charge on any atom is 0.407 e. The first-order chi connectivity index (χ1) is 32.2. The first-order valence-electron chi connectivity index (χ1n) is 27.0. The number of likely N-dealkylation sites (N-methyl/N-ethyl adjacent to an activating group) is 1. The van der Waals surface area contributed by atoms with Crippen molar-refractivity contribution in [2.45, 2.75) is 245 Å². The topological polar surface area (TPSA) is 120 Å². The highest BCUT2D eigenvalue weighted by Crippen LogP contribution is 2.16. The van der Waals surface area contributed by atoms with E-state index in [1.807, 2.05) is 7.05 Å². The van der Waals surface area contributed by atoms with Crippen molar-refractivity contribution in [2.24, 2.45) is 0 Å². The molecule has 0 fully saturated rings. The summed E-state index contributed by atoms with van der Waals surface area (Å²) in [5.41, 5.74) is 0. The highest BCUT2D eigenvalue weighted by Gasteiger charge is 2.22. The van der Waals surface area contributed by atoms with E-state index in [0.29, 0.717) is 25.9 Å². The Morgan fingerprint density at radius 1 is 0.455 bits per heavy atom. The van der Waals surface area contributed by atoms with Gasteiger partial charge < -0.3 is 29.2 Å². The van der Waals surface area contributed by atoms with E-state index in [2.05, 4.69) is 86.5 Å². The molecule has 0 aromatic rings. The van der Waals surface area contributed by atoms with Gasteiger partial charge in [-0.2, -0.15) is 0 Å². The number of alkyl carbamates (subject to hydrolysis) is 1. The molecule has 0 rings (SSSR count).